The van der Waals surface area contributed by atoms with Crippen LogP contribution in [0.4, 0.5) is 0 Å². The molecule has 0 aromatic rings. The second kappa shape index (κ2) is 37.8. The van der Waals surface area contributed by atoms with Crippen molar-refractivity contribution in [1.29, 1.82) is 0 Å². The van der Waals surface area contributed by atoms with E-state index in [9.17, 15) is 0 Å². The third-order valence-electron chi connectivity index (χ3n) is 0. The third-order valence-corrected chi connectivity index (χ3v) is 0. The molecule has 0 saturated heterocycles. The Morgan fingerprint density at radius 1 is 1.50 bits per heavy atom. The average molecular weight is 190 g/mol. The summed E-state index contributed by atoms with van der Waals surface area (Å²) in [5.41, 5.74) is 0. The van der Waals surface area contributed by atoms with Crippen LogP contribution in [0, 0.1) is 10.1 Å². The molecule has 4 nitrogen and oxygen atoms in total. The Morgan fingerprint density at radius 3 is 1.50 bits per heavy atom. The summed E-state index contributed by atoms with van der Waals surface area (Å²) in [6, 6.07) is 0. The van der Waals surface area contributed by atoms with Crippen LogP contribution in [-0.4, -0.2) is 29.6 Å². The second-order valence-corrected chi connectivity index (χ2v) is 0.0745. The number of quaternary nitrogens is 1. The fourth-order valence-corrected chi connectivity index (χ4v) is 0. The van der Waals surface area contributed by atoms with E-state index in [0.717, 1.165) is 5.34 Å². The van der Waals surface area contributed by atoms with Crippen LogP contribution in [0.1, 0.15) is 0 Å². The Morgan fingerprint density at radius 2 is 1.50 bits per heavy atom. The van der Waals surface area contributed by atoms with E-state index in [0.29, 0.717) is 0 Å². The molecule has 0 aliphatic rings. The summed E-state index contributed by atoms with van der Waals surface area (Å²) >= 11 is 0. The van der Waals surface area contributed by atoms with E-state index in [1.165, 1.54) is 0 Å². The number of nitrogens with zero attached hydrogens (tertiary/aromatic N) is 1. The summed E-state index contributed by atoms with van der Waals surface area (Å²) in [7, 11) is 0. The molecule has 0 saturated carbocycles. The first-order valence-electron chi connectivity index (χ1n) is 0.365. The zero-order valence-corrected chi connectivity index (χ0v) is 7.24. The molecule has 6 heteroatoms. The maximum Gasteiger partial charge on any atom is 0 e. The molecule has 0 aliphatic carbocycles. The van der Waals surface area contributed by atoms with Gasteiger partial charge in [-0.25, -0.2) is 0 Å². The van der Waals surface area contributed by atoms with Crippen molar-refractivity contribution in [3.63, 3.8) is 0 Å². The van der Waals surface area contributed by atoms with Crippen molar-refractivity contribution in [1.82, 2.24) is 6.15 Å². The standard InChI is InChI=1S/HNO2.H3N.Na.Rh/c2-1-3;;;/h(H,2,3);1H3;;. The van der Waals surface area contributed by atoms with Crippen LogP contribution in [0.5, 0.6) is 0 Å². The van der Waals surface area contributed by atoms with Gasteiger partial charge in [-0.05, 0) is 0 Å². The van der Waals surface area contributed by atoms with Crippen molar-refractivity contribution in [2.24, 2.45) is 5.34 Å². The predicted molar refractivity (Wildman–Crippen MR) is 20.9 cm³/mol. The van der Waals surface area contributed by atoms with Crippen LogP contribution in [0.15, 0.2) is 5.34 Å². The summed E-state index contributed by atoms with van der Waals surface area (Å²) in [5.74, 6) is 0. The molecule has 0 bridgehead atoms. The smallest absolute Gasteiger partial charge is 0 e. The molecule has 0 aliphatic heterocycles. The van der Waals surface area contributed by atoms with Crippen molar-refractivity contribution < 1.29 is 19.5 Å². The monoisotopic (exact) mass is 190 g/mol. The molecule has 4 N–H and O–H groups in total. The van der Waals surface area contributed by atoms with Gasteiger partial charge < -0.3 is 16.3 Å². The van der Waals surface area contributed by atoms with Crippen LogP contribution in [-0.2, 0) is 19.5 Å². The van der Waals surface area contributed by atoms with Crippen LogP contribution >= 0.6 is 0 Å². The molecule has 0 atom stereocenters. The maximum atomic E-state index is 8.00. The Kier molecular flexibility index (Phi) is 177. The van der Waals surface area contributed by atoms with E-state index in [4.69, 9.17) is 10.1 Å². The van der Waals surface area contributed by atoms with Gasteiger partial charge in [-0.15, -0.1) is 5.34 Å². The van der Waals surface area contributed by atoms with Crippen LogP contribution in [0.3, 0.4) is 0 Å². The minimum Gasteiger partial charge on any atom is -0.444 e. The first-order valence-corrected chi connectivity index (χ1v) is 0.365. The molecular formula is H4N2NaO2Rh. The molecular weight excluding hydrogens is 186 g/mol. The first-order chi connectivity index (χ1) is 1.41. The van der Waals surface area contributed by atoms with Gasteiger partial charge in [0, 0.05) is 49.0 Å². The SMILES string of the molecule is O=N[O-].[NH4+].[Na].[Rh]. The van der Waals surface area contributed by atoms with Gasteiger partial charge in [0.25, 0.3) is 0 Å². The van der Waals surface area contributed by atoms with Gasteiger partial charge in [-0.1, -0.05) is 0 Å². The number of hydrogen-bond donors (Lipinski definition) is 1. The van der Waals surface area contributed by atoms with E-state index in [1.54, 1.807) is 0 Å². The topological polar surface area (TPSA) is 89.0 Å². The predicted octanol–water partition coefficient (Wildman–Crippen LogP) is 0.244. The molecule has 0 spiro atoms. The van der Waals surface area contributed by atoms with Gasteiger partial charge in [0.05, 0.1) is 0 Å². The molecule has 2 radical (unpaired) electrons. The Bertz CT molecular complexity index is 19.0. The summed E-state index contributed by atoms with van der Waals surface area (Å²) in [6.07, 6.45) is 0. The van der Waals surface area contributed by atoms with Crippen molar-refractivity contribution in [3.05, 3.63) is 10.1 Å². The van der Waals surface area contributed by atoms with Crippen molar-refractivity contribution in [2.75, 3.05) is 0 Å². The van der Waals surface area contributed by atoms with Crippen LogP contribution in [0.25, 0.3) is 0 Å². The summed E-state index contributed by atoms with van der Waals surface area (Å²) in [5, 5.41) is 9.00. The molecule has 0 amide bonds. The van der Waals surface area contributed by atoms with Gasteiger partial charge in [0.15, 0.2) is 0 Å². The minimum absolute atomic E-state index is 0. The average Bonchev–Trinajstić information content (AvgIpc) is 0.918. The van der Waals surface area contributed by atoms with Crippen molar-refractivity contribution in [3.8, 4) is 0 Å². The Hall–Kier alpha value is 0.983. The van der Waals surface area contributed by atoms with Crippen LogP contribution < -0.4 is 6.15 Å². The van der Waals surface area contributed by atoms with E-state index in [-0.39, 0.29) is 55.2 Å². The van der Waals surface area contributed by atoms with Gasteiger partial charge in [0.1, 0.15) is 0 Å². The van der Waals surface area contributed by atoms with E-state index in [2.05, 4.69) is 0 Å². The molecule has 0 unspecified atom stereocenters. The Labute approximate surface area is 70.2 Å². The van der Waals surface area contributed by atoms with Crippen molar-refractivity contribution >= 4 is 29.6 Å². The van der Waals surface area contributed by atoms with Crippen LogP contribution in [0.2, 0.25) is 0 Å². The molecule has 36 valence electrons. The van der Waals surface area contributed by atoms with E-state index >= 15 is 0 Å². The summed E-state index contributed by atoms with van der Waals surface area (Å²) in [4.78, 5) is 8.00. The zero-order chi connectivity index (χ0) is 2.71. The third kappa shape index (κ3) is 81.8. The number of hydrogen-bond acceptors (Lipinski definition) is 3. The zero-order valence-electron chi connectivity index (χ0n) is 3.60. The molecule has 0 aromatic heterocycles. The molecule has 0 rings (SSSR count). The van der Waals surface area contributed by atoms with Gasteiger partial charge in [0.2, 0.25) is 0 Å². The normalized spacial score (nSPS) is 2.00. The molecule has 0 fully saturated rings. The first kappa shape index (κ1) is 28.1. The quantitative estimate of drug-likeness (QED) is 0.336. The Balaban J connectivity index is -0.00000000667. The molecule has 0 aromatic carbocycles. The molecule has 6 heavy (non-hydrogen) atoms. The van der Waals surface area contributed by atoms with E-state index < -0.39 is 0 Å². The van der Waals surface area contributed by atoms with Crippen molar-refractivity contribution in [2.45, 2.75) is 0 Å². The van der Waals surface area contributed by atoms with E-state index in [1.807, 2.05) is 0 Å². The van der Waals surface area contributed by atoms with Gasteiger partial charge >= 0.3 is 0 Å². The fraction of sp³-hybridized carbons (Fsp3) is 0. The largest absolute Gasteiger partial charge is 0.444 e. The van der Waals surface area contributed by atoms with Gasteiger partial charge in [-0.2, -0.15) is 0 Å². The number of rotatable bonds is 0. The second-order valence-electron chi connectivity index (χ2n) is 0.0745. The minimum atomic E-state index is 0. The molecule has 0 heterocycles. The maximum absolute atomic E-state index is 8.00. The summed E-state index contributed by atoms with van der Waals surface area (Å²) < 4.78 is 0. The van der Waals surface area contributed by atoms with Gasteiger partial charge in [-0.3, -0.25) is 0 Å². The fourth-order valence-electron chi connectivity index (χ4n) is 0. The summed E-state index contributed by atoms with van der Waals surface area (Å²) in [6.45, 7) is 0.